The number of aromatic amines is 1. The van der Waals surface area contributed by atoms with E-state index in [0.717, 1.165) is 0 Å². The predicted molar refractivity (Wildman–Crippen MR) is 68.5 cm³/mol. The van der Waals surface area contributed by atoms with Crippen molar-refractivity contribution >= 4 is 45.3 Å². The molecule has 6 nitrogen and oxygen atoms in total. The van der Waals surface area contributed by atoms with Crippen LogP contribution < -0.4 is 5.43 Å². The third-order valence-electron chi connectivity index (χ3n) is 2.65. The van der Waals surface area contributed by atoms with Crippen LogP contribution in [0.25, 0.3) is 22.1 Å². The number of nitrogens with one attached hydrogen (secondary N) is 1. The van der Waals surface area contributed by atoms with Gasteiger partial charge in [0, 0.05) is 0 Å². The first-order valence-corrected chi connectivity index (χ1v) is 5.72. The lowest BCUT2D eigenvalue weighted by molar-refractivity contribution is 0.480. The van der Waals surface area contributed by atoms with Crippen LogP contribution in [0.1, 0.15) is 5.69 Å². The molecule has 0 aliphatic carbocycles. The average molecular weight is 296 g/mol. The molecule has 0 radical (unpaired) electrons. The van der Waals surface area contributed by atoms with Gasteiger partial charge in [-0.15, -0.1) is 0 Å². The van der Waals surface area contributed by atoms with Crippen molar-refractivity contribution < 1.29 is 9.52 Å². The Labute approximate surface area is 114 Å². The van der Waals surface area contributed by atoms with Crippen molar-refractivity contribution in [1.29, 1.82) is 5.26 Å². The van der Waals surface area contributed by atoms with Gasteiger partial charge in [0.25, 0.3) is 0 Å². The summed E-state index contributed by atoms with van der Waals surface area (Å²) < 4.78 is 5.39. The van der Waals surface area contributed by atoms with Gasteiger partial charge in [-0.1, -0.05) is 23.2 Å². The van der Waals surface area contributed by atoms with Gasteiger partial charge in [0.1, 0.15) is 17.2 Å². The number of nitriles is 1. The predicted octanol–water partition coefficient (Wildman–Crippen LogP) is 2.55. The van der Waals surface area contributed by atoms with Crippen LogP contribution in [0.15, 0.2) is 15.3 Å². The first kappa shape index (κ1) is 11.8. The van der Waals surface area contributed by atoms with E-state index < -0.39 is 11.2 Å². The van der Waals surface area contributed by atoms with Crippen LogP contribution in [0.3, 0.4) is 0 Å². The molecule has 0 amide bonds. The highest BCUT2D eigenvalue weighted by molar-refractivity contribution is 6.39. The van der Waals surface area contributed by atoms with Crippen LogP contribution in [0.5, 0.6) is 5.75 Å². The molecule has 3 rings (SSSR count). The first-order chi connectivity index (χ1) is 9.04. The maximum atomic E-state index is 12.2. The van der Waals surface area contributed by atoms with Crippen LogP contribution in [0.4, 0.5) is 0 Å². The first-order valence-electron chi connectivity index (χ1n) is 4.96. The quantitative estimate of drug-likeness (QED) is 0.663. The summed E-state index contributed by atoms with van der Waals surface area (Å²) >= 11 is 11.7. The second kappa shape index (κ2) is 3.88. The van der Waals surface area contributed by atoms with Gasteiger partial charge in [-0.25, -0.2) is 0 Å². The van der Waals surface area contributed by atoms with Crippen LogP contribution >= 0.6 is 23.2 Å². The van der Waals surface area contributed by atoms with Gasteiger partial charge in [0.15, 0.2) is 16.7 Å². The molecule has 1 aromatic carbocycles. The zero-order valence-electron chi connectivity index (χ0n) is 8.99. The van der Waals surface area contributed by atoms with Gasteiger partial charge < -0.3 is 9.52 Å². The van der Waals surface area contributed by atoms with E-state index in [-0.39, 0.29) is 37.8 Å². The summed E-state index contributed by atoms with van der Waals surface area (Å²) in [6.45, 7) is 0. The number of rotatable bonds is 0. The summed E-state index contributed by atoms with van der Waals surface area (Å²) in [5, 5.41) is 24.6. The number of fused-ring (bicyclic) bond motifs is 2. The van der Waals surface area contributed by atoms with E-state index in [1.54, 1.807) is 6.07 Å². The van der Waals surface area contributed by atoms with Gasteiger partial charge in [0.2, 0.25) is 11.1 Å². The average Bonchev–Trinajstić information content (AvgIpc) is 2.79. The van der Waals surface area contributed by atoms with Crippen molar-refractivity contribution in [3.63, 3.8) is 0 Å². The highest BCUT2D eigenvalue weighted by Crippen LogP contribution is 2.36. The molecule has 0 atom stereocenters. The fraction of sp³-hybridized carbons (Fsp3) is 0. The summed E-state index contributed by atoms with van der Waals surface area (Å²) in [6.07, 6.45) is 0. The van der Waals surface area contributed by atoms with E-state index in [4.69, 9.17) is 32.9 Å². The molecule has 0 saturated heterocycles. The molecule has 3 aromatic rings. The summed E-state index contributed by atoms with van der Waals surface area (Å²) in [4.78, 5) is 12.2. The van der Waals surface area contributed by atoms with E-state index in [1.165, 1.54) is 6.07 Å². The number of aromatic hydroxyl groups is 1. The smallest absolute Gasteiger partial charge is 0.222 e. The number of aromatic nitrogens is 2. The zero-order valence-corrected chi connectivity index (χ0v) is 10.5. The Morgan fingerprint density at radius 1 is 1.37 bits per heavy atom. The number of H-pyrrole nitrogens is 1. The second-order valence-electron chi connectivity index (χ2n) is 3.71. The van der Waals surface area contributed by atoms with E-state index in [0.29, 0.717) is 0 Å². The van der Waals surface area contributed by atoms with Crippen LogP contribution in [-0.2, 0) is 0 Å². The summed E-state index contributed by atoms with van der Waals surface area (Å²) in [5.74, 6) is -0.426. The van der Waals surface area contributed by atoms with Gasteiger partial charge >= 0.3 is 0 Å². The topological polar surface area (TPSA) is 103 Å². The molecule has 2 aromatic heterocycles. The molecule has 0 bridgehead atoms. The van der Waals surface area contributed by atoms with Gasteiger partial charge in [-0.3, -0.25) is 9.89 Å². The lowest BCUT2D eigenvalue weighted by Gasteiger charge is -2.04. The largest absolute Gasteiger partial charge is 0.505 e. The molecule has 2 N–H and O–H groups in total. The fourth-order valence-corrected chi connectivity index (χ4v) is 2.29. The molecule has 0 unspecified atom stereocenters. The number of hydrogen-bond donors (Lipinski definition) is 2. The number of phenolic OH excluding ortho intramolecular Hbond substituents is 1. The Kier molecular flexibility index (Phi) is 2.42. The van der Waals surface area contributed by atoms with E-state index in [2.05, 4.69) is 10.2 Å². The molecule has 0 aliphatic heterocycles. The molecule has 0 aliphatic rings. The molecule has 94 valence electrons. The van der Waals surface area contributed by atoms with Crippen molar-refractivity contribution in [2.75, 3.05) is 0 Å². The molecule has 8 heteroatoms. The number of hydrogen-bond acceptors (Lipinski definition) is 5. The molecule has 0 spiro atoms. The zero-order chi connectivity index (χ0) is 13.7. The number of halogens is 2. The minimum absolute atomic E-state index is 0.0105. The lowest BCUT2D eigenvalue weighted by Crippen LogP contribution is -2.03. The third kappa shape index (κ3) is 1.49. The Balaban J connectivity index is 2.68. The molecular formula is C11H3Cl2N3O3. The third-order valence-corrected chi connectivity index (χ3v) is 3.22. The van der Waals surface area contributed by atoms with Crippen LogP contribution in [0.2, 0.25) is 10.0 Å². The van der Waals surface area contributed by atoms with Gasteiger partial charge in [0.05, 0.1) is 10.0 Å². The Hall–Kier alpha value is -2.23. The van der Waals surface area contributed by atoms with Gasteiger partial charge in [-0.05, 0) is 6.07 Å². The van der Waals surface area contributed by atoms with Crippen LogP contribution in [-0.4, -0.2) is 15.3 Å². The highest BCUT2D eigenvalue weighted by atomic mass is 35.5. The van der Waals surface area contributed by atoms with E-state index in [1.807, 2.05) is 0 Å². The van der Waals surface area contributed by atoms with Crippen molar-refractivity contribution in [3.05, 3.63) is 32.0 Å². The van der Waals surface area contributed by atoms with Crippen molar-refractivity contribution in [2.24, 2.45) is 0 Å². The molecule has 19 heavy (non-hydrogen) atoms. The molecule has 2 heterocycles. The maximum Gasteiger partial charge on any atom is 0.222 e. The lowest BCUT2D eigenvalue weighted by atomic mass is 10.2. The fourth-order valence-electron chi connectivity index (χ4n) is 1.79. The monoisotopic (exact) mass is 295 g/mol. The minimum Gasteiger partial charge on any atom is -0.505 e. The summed E-state index contributed by atoms with van der Waals surface area (Å²) in [5.41, 5.74) is -0.744. The Morgan fingerprint density at radius 2 is 2.11 bits per heavy atom. The summed E-state index contributed by atoms with van der Waals surface area (Å²) in [7, 11) is 0. The van der Waals surface area contributed by atoms with Crippen molar-refractivity contribution in [2.45, 2.75) is 0 Å². The van der Waals surface area contributed by atoms with Gasteiger partial charge in [-0.2, -0.15) is 10.4 Å². The number of benzene rings is 1. The van der Waals surface area contributed by atoms with E-state index in [9.17, 15) is 9.90 Å². The maximum absolute atomic E-state index is 12.2. The highest BCUT2D eigenvalue weighted by Gasteiger charge is 2.20. The minimum atomic E-state index is -0.591. The van der Waals surface area contributed by atoms with Crippen molar-refractivity contribution in [3.8, 4) is 11.8 Å². The summed E-state index contributed by atoms with van der Waals surface area (Å²) in [6, 6.07) is 3.03. The normalized spacial score (nSPS) is 11.0. The second-order valence-corrected chi connectivity index (χ2v) is 4.53. The standard InChI is InChI=1S/C11H3Cl2N3O3/c12-3-1-4(13)10-6(8(3)17)9(18)7-11(19-10)5(2-14)15-16-7/h1,17H,(H,15,16). The van der Waals surface area contributed by atoms with Crippen molar-refractivity contribution in [1.82, 2.24) is 10.2 Å². The van der Waals surface area contributed by atoms with Crippen LogP contribution in [0, 0.1) is 11.3 Å². The number of nitrogens with zero attached hydrogens (tertiary/aromatic N) is 2. The van der Waals surface area contributed by atoms with E-state index >= 15 is 0 Å². The SMILES string of the molecule is N#Cc1n[nH]c2c(=O)c3c(O)c(Cl)cc(Cl)c3oc12. The molecular weight excluding hydrogens is 293 g/mol. The molecule has 0 saturated carbocycles. The number of phenols is 1. The Morgan fingerprint density at radius 3 is 2.79 bits per heavy atom. The molecule has 0 fully saturated rings. The Bertz CT molecular complexity index is 936.